The third-order valence-electron chi connectivity index (χ3n) is 2.83. The number of nitrogens with one attached hydrogen (secondary N) is 1. The lowest BCUT2D eigenvalue weighted by Crippen LogP contribution is -2.46. The van der Waals surface area contributed by atoms with Crippen LogP contribution >= 0.6 is 0 Å². The lowest BCUT2D eigenvalue weighted by molar-refractivity contribution is 0.258. The first-order valence-electron chi connectivity index (χ1n) is 5.51. The summed E-state index contributed by atoms with van der Waals surface area (Å²) >= 11 is 0. The molecule has 0 aliphatic carbocycles. The molecule has 0 amide bonds. The molecule has 2 rings (SSSR count). The quantitative estimate of drug-likeness (QED) is 0.786. The van der Waals surface area contributed by atoms with Crippen LogP contribution < -0.4 is 4.90 Å². The maximum absolute atomic E-state index is 3.26. The van der Waals surface area contributed by atoms with E-state index < -0.39 is 0 Å². The summed E-state index contributed by atoms with van der Waals surface area (Å²) in [5.41, 5.74) is 0. The maximum atomic E-state index is 3.26. The molecule has 1 N–H and O–H groups in total. The molecule has 1 fully saturated rings. The number of rotatable bonds is 3. The third-order valence-corrected chi connectivity index (χ3v) is 2.83. The van der Waals surface area contributed by atoms with Gasteiger partial charge in [-0.05, 0) is 25.1 Å². The molecule has 1 aromatic heterocycles. The topological polar surface area (TPSA) is 22.3 Å². The summed E-state index contributed by atoms with van der Waals surface area (Å²) in [6, 6.07) is 4.21. The number of H-pyrrole nitrogens is 1. The van der Waals surface area contributed by atoms with E-state index in [4.69, 9.17) is 0 Å². The largest absolute Gasteiger partial charge is 0.356 e. The Kier molecular flexibility index (Phi) is 3.09. The summed E-state index contributed by atoms with van der Waals surface area (Å²) in [4.78, 5) is 8.22. The molecule has 2 heterocycles. The van der Waals surface area contributed by atoms with Crippen LogP contribution in [0.2, 0.25) is 0 Å². The van der Waals surface area contributed by atoms with E-state index in [9.17, 15) is 0 Å². The van der Waals surface area contributed by atoms with Gasteiger partial charge in [0.05, 0.1) is 0 Å². The standard InChI is InChI=1S/C11H19N3/c1-2-6-13-7-9-14(10-8-13)11-4-3-5-12-11/h3-5,12H,2,6-10H2,1H3. The lowest BCUT2D eigenvalue weighted by atomic mass is 10.3. The van der Waals surface area contributed by atoms with Gasteiger partial charge in [-0.3, -0.25) is 4.90 Å². The zero-order chi connectivity index (χ0) is 9.80. The number of aromatic amines is 1. The fraction of sp³-hybridized carbons (Fsp3) is 0.636. The number of anilines is 1. The summed E-state index contributed by atoms with van der Waals surface area (Å²) in [6.07, 6.45) is 3.26. The molecular formula is C11H19N3. The number of piperazine rings is 1. The highest BCUT2D eigenvalue weighted by Gasteiger charge is 2.16. The van der Waals surface area contributed by atoms with Crippen molar-refractivity contribution in [3.8, 4) is 0 Å². The molecule has 0 spiro atoms. The van der Waals surface area contributed by atoms with E-state index >= 15 is 0 Å². The van der Waals surface area contributed by atoms with Gasteiger partial charge in [0.15, 0.2) is 0 Å². The predicted octanol–water partition coefficient (Wildman–Crippen LogP) is 1.55. The van der Waals surface area contributed by atoms with Gasteiger partial charge in [-0.15, -0.1) is 0 Å². The molecule has 0 aromatic carbocycles. The molecule has 14 heavy (non-hydrogen) atoms. The molecule has 1 saturated heterocycles. The van der Waals surface area contributed by atoms with Crippen molar-refractivity contribution in [2.24, 2.45) is 0 Å². The summed E-state index contributed by atoms with van der Waals surface area (Å²) in [5.74, 6) is 1.26. The average Bonchev–Trinajstić information content (AvgIpc) is 2.72. The van der Waals surface area contributed by atoms with Gasteiger partial charge in [-0.2, -0.15) is 0 Å². The SMILES string of the molecule is CCCN1CCN(c2ccc[nH]2)CC1. The Morgan fingerprint density at radius 1 is 1.29 bits per heavy atom. The van der Waals surface area contributed by atoms with E-state index in [1.54, 1.807) is 0 Å². The number of nitrogens with zero attached hydrogens (tertiary/aromatic N) is 2. The molecule has 0 bridgehead atoms. The Morgan fingerprint density at radius 3 is 2.64 bits per heavy atom. The maximum Gasteiger partial charge on any atom is 0.105 e. The summed E-state index contributed by atoms with van der Waals surface area (Å²) < 4.78 is 0. The van der Waals surface area contributed by atoms with Crippen LogP contribution in [0.15, 0.2) is 18.3 Å². The van der Waals surface area contributed by atoms with Crippen LogP contribution in [0.4, 0.5) is 5.82 Å². The fourth-order valence-electron chi connectivity index (χ4n) is 2.05. The summed E-state index contributed by atoms with van der Waals surface area (Å²) in [5, 5.41) is 0. The van der Waals surface area contributed by atoms with Crippen molar-refractivity contribution < 1.29 is 0 Å². The molecule has 3 nitrogen and oxygen atoms in total. The van der Waals surface area contributed by atoms with Crippen molar-refractivity contribution in [1.29, 1.82) is 0 Å². The zero-order valence-corrected chi connectivity index (χ0v) is 8.87. The monoisotopic (exact) mass is 193 g/mol. The predicted molar refractivity (Wildman–Crippen MR) is 59.7 cm³/mol. The second-order valence-electron chi connectivity index (χ2n) is 3.88. The minimum absolute atomic E-state index is 1.15. The van der Waals surface area contributed by atoms with Gasteiger partial charge in [0.2, 0.25) is 0 Å². The van der Waals surface area contributed by atoms with Crippen molar-refractivity contribution in [2.45, 2.75) is 13.3 Å². The van der Waals surface area contributed by atoms with Gasteiger partial charge in [0.25, 0.3) is 0 Å². The van der Waals surface area contributed by atoms with Gasteiger partial charge in [-0.1, -0.05) is 6.92 Å². The first-order valence-corrected chi connectivity index (χ1v) is 5.51. The highest BCUT2D eigenvalue weighted by atomic mass is 15.3. The van der Waals surface area contributed by atoms with Gasteiger partial charge in [-0.25, -0.2) is 0 Å². The van der Waals surface area contributed by atoms with E-state index in [1.165, 1.54) is 31.9 Å². The van der Waals surface area contributed by atoms with E-state index in [0.717, 1.165) is 13.1 Å². The second kappa shape index (κ2) is 4.51. The Labute approximate surface area is 85.7 Å². The van der Waals surface area contributed by atoms with Crippen LogP contribution in [0.1, 0.15) is 13.3 Å². The number of hydrogen-bond acceptors (Lipinski definition) is 2. The van der Waals surface area contributed by atoms with Crippen molar-refractivity contribution in [2.75, 3.05) is 37.6 Å². The first kappa shape index (κ1) is 9.59. The van der Waals surface area contributed by atoms with E-state index in [1.807, 2.05) is 6.20 Å². The van der Waals surface area contributed by atoms with Gasteiger partial charge < -0.3 is 9.88 Å². The molecule has 0 saturated carbocycles. The Balaban J connectivity index is 1.84. The first-order chi connectivity index (χ1) is 6.90. The van der Waals surface area contributed by atoms with Gasteiger partial charge in [0, 0.05) is 32.4 Å². The average molecular weight is 193 g/mol. The van der Waals surface area contributed by atoms with Crippen molar-refractivity contribution in [3.05, 3.63) is 18.3 Å². The van der Waals surface area contributed by atoms with E-state index in [-0.39, 0.29) is 0 Å². The van der Waals surface area contributed by atoms with Gasteiger partial charge >= 0.3 is 0 Å². The minimum Gasteiger partial charge on any atom is -0.356 e. The van der Waals surface area contributed by atoms with Crippen LogP contribution in [-0.2, 0) is 0 Å². The van der Waals surface area contributed by atoms with E-state index in [2.05, 4.69) is 33.8 Å². The highest BCUT2D eigenvalue weighted by molar-refractivity contribution is 5.39. The number of aromatic nitrogens is 1. The van der Waals surface area contributed by atoms with Crippen molar-refractivity contribution in [3.63, 3.8) is 0 Å². The molecular weight excluding hydrogens is 174 g/mol. The molecule has 3 heteroatoms. The van der Waals surface area contributed by atoms with Crippen LogP contribution in [0.3, 0.4) is 0 Å². The lowest BCUT2D eigenvalue weighted by Gasteiger charge is -2.35. The van der Waals surface area contributed by atoms with E-state index in [0.29, 0.717) is 0 Å². The Bertz CT molecular complexity index is 248. The highest BCUT2D eigenvalue weighted by Crippen LogP contribution is 2.12. The minimum atomic E-state index is 1.15. The molecule has 1 aromatic rings. The summed E-state index contributed by atoms with van der Waals surface area (Å²) in [6.45, 7) is 8.21. The van der Waals surface area contributed by atoms with Crippen LogP contribution in [0.5, 0.6) is 0 Å². The molecule has 0 radical (unpaired) electrons. The normalized spacial score (nSPS) is 18.8. The molecule has 0 atom stereocenters. The van der Waals surface area contributed by atoms with Crippen molar-refractivity contribution >= 4 is 5.82 Å². The van der Waals surface area contributed by atoms with Crippen LogP contribution in [0.25, 0.3) is 0 Å². The third kappa shape index (κ3) is 2.10. The Morgan fingerprint density at radius 2 is 2.07 bits per heavy atom. The molecule has 0 unspecified atom stereocenters. The smallest absolute Gasteiger partial charge is 0.105 e. The molecule has 1 aliphatic heterocycles. The Hall–Kier alpha value is -0.960. The zero-order valence-electron chi connectivity index (χ0n) is 8.87. The fourth-order valence-corrected chi connectivity index (χ4v) is 2.05. The molecule has 1 aliphatic rings. The second-order valence-corrected chi connectivity index (χ2v) is 3.88. The van der Waals surface area contributed by atoms with Crippen LogP contribution in [0, 0.1) is 0 Å². The number of hydrogen-bond donors (Lipinski definition) is 1. The van der Waals surface area contributed by atoms with Crippen molar-refractivity contribution in [1.82, 2.24) is 9.88 Å². The van der Waals surface area contributed by atoms with Gasteiger partial charge in [0.1, 0.15) is 5.82 Å². The molecule has 78 valence electrons. The summed E-state index contributed by atoms with van der Waals surface area (Å²) in [7, 11) is 0. The van der Waals surface area contributed by atoms with Crippen LogP contribution in [-0.4, -0.2) is 42.6 Å².